The molecule has 1 aliphatic heterocycles. The number of nitrogens with zero attached hydrogens (tertiary/aromatic N) is 1. The van der Waals surface area contributed by atoms with E-state index in [9.17, 15) is 4.79 Å². The molecule has 5 nitrogen and oxygen atoms in total. The Bertz CT molecular complexity index is 1200. The summed E-state index contributed by atoms with van der Waals surface area (Å²) in [5, 5.41) is 2.23. The van der Waals surface area contributed by atoms with Gasteiger partial charge in [-0.1, -0.05) is 12.1 Å². The van der Waals surface area contributed by atoms with Crippen molar-refractivity contribution in [3.05, 3.63) is 69.5 Å². The molecule has 148 valence electrons. The van der Waals surface area contributed by atoms with Crippen molar-refractivity contribution in [2.24, 2.45) is 0 Å². The van der Waals surface area contributed by atoms with E-state index in [4.69, 9.17) is 14.1 Å². The lowest BCUT2D eigenvalue weighted by atomic mass is 9.98. The molecule has 0 amide bonds. The van der Waals surface area contributed by atoms with Gasteiger partial charge in [-0.05, 0) is 37.1 Å². The number of nitrogens with one attached hydrogen (secondary N) is 1. The summed E-state index contributed by atoms with van der Waals surface area (Å²) in [6.45, 7) is 2.97. The average Bonchev–Trinajstić information content (AvgIpc) is 3.18. The highest BCUT2D eigenvalue weighted by atomic mass is 32.1. The normalized spacial score (nSPS) is 19.6. The van der Waals surface area contributed by atoms with Crippen LogP contribution in [0.25, 0.3) is 21.2 Å². The van der Waals surface area contributed by atoms with Crippen LogP contribution in [0.1, 0.15) is 29.3 Å². The molecule has 0 bridgehead atoms. The second kappa shape index (κ2) is 7.61. The van der Waals surface area contributed by atoms with Crippen LogP contribution in [0.15, 0.2) is 57.7 Å². The van der Waals surface area contributed by atoms with Crippen LogP contribution in [0.2, 0.25) is 0 Å². The molecule has 3 heterocycles. The molecule has 4 aromatic rings. The number of para-hydroxylation sites is 1. The SMILES string of the molecule is COc1ccc2c(C[NH+]3CCC[C@@H](c4nc5ccccc5s4)C3)cc(=O)oc2c1. The van der Waals surface area contributed by atoms with Gasteiger partial charge in [-0.2, -0.15) is 0 Å². The summed E-state index contributed by atoms with van der Waals surface area (Å²) in [5.41, 5.74) is 2.42. The van der Waals surface area contributed by atoms with Gasteiger partial charge in [0, 0.05) is 23.1 Å². The third-order valence-corrected chi connectivity index (χ3v) is 6.95. The van der Waals surface area contributed by atoms with Gasteiger partial charge in [0.15, 0.2) is 0 Å². The van der Waals surface area contributed by atoms with Crippen LogP contribution in [0.4, 0.5) is 0 Å². The Morgan fingerprint density at radius 3 is 3.00 bits per heavy atom. The van der Waals surface area contributed by atoms with E-state index in [1.54, 1.807) is 19.2 Å². The largest absolute Gasteiger partial charge is 0.497 e. The fourth-order valence-electron chi connectivity index (χ4n) is 4.34. The molecular formula is C23H23N2O3S+. The van der Waals surface area contributed by atoms with E-state index in [-0.39, 0.29) is 5.63 Å². The van der Waals surface area contributed by atoms with Crippen molar-refractivity contribution < 1.29 is 14.1 Å². The lowest BCUT2D eigenvalue weighted by molar-refractivity contribution is -0.919. The number of thiazole rings is 1. The van der Waals surface area contributed by atoms with Gasteiger partial charge in [-0.3, -0.25) is 0 Å². The second-order valence-corrected chi connectivity index (χ2v) is 8.75. The monoisotopic (exact) mass is 407 g/mol. The Morgan fingerprint density at radius 2 is 2.14 bits per heavy atom. The first kappa shape index (κ1) is 18.3. The number of fused-ring (bicyclic) bond motifs is 2. The van der Waals surface area contributed by atoms with E-state index in [1.807, 2.05) is 29.5 Å². The van der Waals surface area contributed by atoms with E-state index in [2.05, 4.69) is 18.2 Å². The van der Waals surface area contributed by atoms with Gasteiger partial charge >= 0.3 is 5.63 Å². The van der Waals surface area contributed by atoms with E-state index in [0.29, 0.717) is 17.3 Å². The fraction of sp³-hybridized carbons (Fsp3) is 0.304. The zero-order valence-electron chi connectivity index (χ0n) is 16.3. The predicted molar refractivity (Wildman–Crippen MR) is 115 cm³/mol. The van der Waals surface area contributed by atoms with Gasteiger partial charge in [-0.15, -0.1) is 11.3 Å². The molecule has 6 heteroatoms. The van der Waals surface area contributed by atoms with E-state index >= 15 is 0 Å². The van der Waals surface area contributed by atoms with Gasteiger partial charge < -0.3 is 14.1 Å². The molecular weight excluding hydrogens is 384 g/mol. The third-order valence-electron chi connectivity index (χ3n) is 5.76. The van der Waals surface area contributed by atoms with Crippen LogP contribution in [-0.4, -0.2) is 25.2 Å². The first-order chi connectivity index (χ1) is 14.2. The van der Waals surface area contributed by atoms with E-state index < -0.39 is 0 Å². The van der Waals surface area contributed by atoms with Crippen LogP contribution >= 0.6 is 11.3 Å². The number of piperidine rings is 1. The van der Waals surface area contributed by atoms with E-state index in [0.717, 1.165) is 36.1 Å². The summed E-state index contributed by atoms with van der Waals surface area (Å²) in [6.07, 6.45) is 2.35. The first-order valence-corrected chi connectivity index (χ1v) is 10.8. The Kier molecular flexibility index (Phi) is 4.81. The first-order valence-electron chi connectivity index (χ1n) is 9.99. The molecule has 2 atom stereocenters. The molecule has 1 N–H and O–H groups in total. The smallest absolute Gasteiger partial charge is 0.336 e. The van der Waals surface area contributed by atoms with Crippen LogP contribution in [0.3, 0.4) is 0 Å². The van der Waals surface area contributed by atoms with E-state index in [1.165, 1.54) is 27.4 Å². The van der Waals surface area contributed by atoms with Gasteiger partial charge in [0.2, 0.25) is 0 Å². The number of likely N-dealkylation sites (tertiary alicyclic amines) is 1. The summed E-state index contributed by atoms with van der Waals surface area (Å²) in [6, 6.07) is 15.7. The number of ether oxygens (including phenoxy) is 1. The molecule has 0 aliphatic carbocycles. The second-order valence-electron chi connectivity index (χ2n) is 7.69. The third kappa shape index (κ3) is 3.66. The minimum absolute atomic E-state index is 0.306. The maximum absolute atomic E-state index is 12.1. The van der Waals surface area contributed by atoms with Crippen LogP contribution < -0.4 is 15.3 Å². The highest BCUT2D eigenvalue weighted by Gasteiger charge is 2.27. The molecule has 0 spiro atoms. The fourth-order valence-corrected chi connectivity index (χ4v) is 5.44. The molecule has 2 aromatic heterocycles. The molecule has 1 aliphatic rings. The number of quaternary nitrogens is 1. The summed E-state index contributed by atoms with van der Waals surface area (Å²) in [4.78, 5) is 18.5. The minimum Gasteiger partial charge on any atom is -0.497 e. The Hall–Kier alpha value is -2.70. The topological polar surface area (TPSA) is 56.8 Å². The molecule has 0 radical (unpaired) electrons. The number of methoxy groups -OCH3 is 1. The highest BCUT2D eigenvalue weighted by molar-refractivity contribution is 7.18. The average molecular weight is 408 g/mol. The van der Waals surface area contributed by atoms with Gasteiger partial charge in [0.25, 0.3) is 0 Å². The molecule has 1 fully saturated rings. The standard InChI is InChI=1S/C23H22N2O3S/c1-27-17-8-9-18-16(11-22(26)28-20(18)12-17)14-25-10-4-5-15(13-25)23-24-19-6-2-3-7-21(19)29-23/h2-3,6-9,11-12,15H,4-5,10,13-14H2,1H3/p+1/t15-/m1/s1. The highest BCUT2D eigenvalue weighted by Crippen LogP contribution is 2.30. The van der Waals surface area contributed by atoms with Crippen molar-refractivity contribution in [3.8, 4) is 5.75 Å². The number of hydrogen-bond acceptors (Lipinski definition) is 5. The van der Waals surface area contributed by atoms with Crippen molar-refractivity contribution in [1.29, 1.82) is 0 Å². The molecule has 29 heavy (non-hydrogen) atoms. The van der Waals surface area contributed by atoms with Gasteiger partial charge in [0.05, 0.1) is 36.3 Å². The lowest BCUT2D eigenvalue weighted by Crippen LogP contribution is -3.12. The van der Waals surface area contributed by atoms with Gasteiger partial charge in [-0.25, -0.2) is 9.78 Å². The number of hydrogen-bond donors (Lipinski definition) is 1. The number of benzene rings is 2. The predicted octanol–water partition coefficient (Wildman–Crippen LogP) is 3.37. The molecule has 1 unspecified atom stereocenters. The molecule has 2 aromatic carbocycles. The van der Waals surface area contributed by atoms with Crippen molar-refractivity contribution in [2.75, 3.05) is 20.2 Å². The summed E-state index contributed by atoms with van der Waals surface area (Å²) in [7, 11) is 1.61. The summed E-state index contributed by atoms with van der Waals surface area (Å²) < 4.78 is 11.9. The maximum Gasteiger partial charge on any atom is 0.336 e. The zero-order chi connectivity index (χ0) is 19.8. The van der Waals surface area contributed by atoms with Crippen LogP contribution in [0, 0.1) is 0 Å². The van der Waals surface area contributed by atoms with Crippen molar-refractivity contribution in [2.45, 2.75) is 25.3 Å². The Balaban J connectivity index is 1.41. The molecule has 5 rings (SSSR count). The molecule has 1 saturated heterocycles. The number of rotatable bonds is 4. The quantitative estimate of drug-likeness (QED) is 0.527. The zero-order valence-corrected chi connectivity index (χ0v) is 17.1. The maximum atomic E-state index is 12.1. The van der Waals surface area contributed by atoms with Crippen molar-refractivity contribution in [1.82, 2.24) is 4.98 Å². The number of aromatic nitrogens is 1. The Labute approximate surface area is 172 Å². The summed E-state index contributed by atoms with van der Waals surface area (Å²) >= 11 is 1.82. The Morgan fingerprint density at radius 1 is 1.24 bits per heavy atom. The van der Waals surface area contributed by atoms with Crippen LogP contribution in [0.5, 0.6) is 5.75 Å². The lowest BCUT2D eigenvalue weighted by Gasteiger charge is -2.29. The summed E-state index contributed by atoms with van der Waals surface area (Å²) in [5.74, 6) is 1.17. The van der Waals surface area contributed by atoms with Crippen LogP contribution in [-0.2, 0) is 6.54 Å². The van der Waals surface area contributed by atoms with Crippen molar-refractivity contribution in [3.63, 3.8) is 0 Å². The molecule has 0 saturated carbocycles. The minimum atomic E-state index is -0.306. The van der Waals surface area contributed by atoms with Gasteiger partial charge in [0.1, 0.15) is 22.9 Å². The van der Waals surface area contributed by atoms with Crippen molar-refractivity contribution >= 4 is 32.5 Å².